The first-order valence-corrected chi connectivity index (χ1v) is 6.99. The molecule has 0 unspecified atom stereocenters. The summed E-state index contributed by atoms with van der Waals surface area (Å²) in [6, 6.07) is 5.10. The Morgan fingerprint density at radius 1 is 1.50 bits per heavy atom. The average molecular weight is 347 g/mol. The smallest absolute Gasteiger partial charge is 0.259 e. The van der Waals surface area contributed by atoms with Crippen LogP contribution in [0.4, 0.5) is 10.8 Å². The van der Waals surface area contributed by atoms with Crippen molar-refractivity contribution in [3.8, 4) is 0 Å². The van der Waals surface area contributed by atoms with E-state index in [0.717, 1.165) is 3.79 Å². The van der Waals surface area contributed by atoms with E-state index in [1.54, 1.807) is 31.4 Å². The molecule has 94 valence electrons. The van der Waals surface area contributed by atoms with E-state index in [9.17, 15) is 4.79 Å². The van der Waals surface area contributed by atoms with Crippen molar-refractivity contribution in [3.63, 3.8) is 0 Å². The number of thiazole rings is 1. The van der Waals surface area contributed by atoms with Gasteiger partial charge in [0.1, 0.15) is 0 Å². The van der Waals surface area contributed by atoms with Crippen molar-refractivity contribution in [2.24, 2.45) is 0 Å². The minimum atomic E-state index is -0.247. The van der Waals surface area contributed by atoms with E-state index in [2.05, 4.69) is 31.5 Å². The maximum Gasteiger partial charge on any atom is 0.259 e. The van der Waals surface area contributed by atoms with Crippen LogP contribution in [0.25, 0.3) is 0 Å². The van der Waals surface area contributed by atoms with Gasteiger partial charge in [-0.3, -0.25) is 10.1 Å². The first-order chi connectivity index (χ1) is 8.60. The molecule has 0 spiro atoms. The molecular formula is C11H9BrClN3OS. The van der Waals surface area contributed by atoms with Crippen molar-refractivity contribution in [1.82, 2.24) is 4.98 Å². The van der Waals surface area contributed by atoms with Gasteiger partial charge in [-0.05, 0) is 34.1 Å². The van der Waals surface area contributed by atoms with Crippen LogP contribution in [0.15, 0.2) is 28.2 Å². The number of benzene rings is 1. The standard InChI is InChI=1S/C11H9BrClN3OS/c1-14-8-3-2-6(13)4-7(8)10(17)16-11-15-5-9(12)18-11/h2-5,14H,1H3,(H,15,16,17). The van der Waals surface area contributed by atoms with Crippen LogP contribution in [0, 0.1) is 0 Å². The van der Waals surface area contributed by atoms with E-state index >= 15 is 0 Å². The SMILES string of the molecule is CNc1ccc(Cl)cc1C(=O)Nc1ncc(Br)s1. The quantitative estimate of drug-likeness (QED) is 0.887. The third kappa shape index (κ3) is 3.01. The lowest BCUT2D eigenvalue weighted by molar-refractivity contribution is 0.102. The molecule has 7 heteroatoms. The van der Waals surface area contributed by atoms with Gasteiger partial charge in [0.25, 0.3) is 5.91 Å². The molecule has 1 aromatic heterocycles. The van der Waals surface area contributed by atoms with E-state index in [4.69, 9.17) is 11.6 Å². The predicted molar refractivity (Wildman–Crippen MR) is 78.8 cm³/mol. The van der Waals surface area contributed by atoms with Crippen LogP contribution in [0.5, 0.6) is 0 Å². The number of hydrogen-bond donors (Lipinski definition) is 2. The summed E-state index contributed by atoms with van der Waals surface area (Å²) >= 11 is 10.5. The minimum absolute atomic E-state index is 0.247. The summed E-state index contributed by atoms with van der Waals surface area (Å²) in [5.41, 5.74) is 1.20. The molecule has 2 aromatic rings. The lowest BCUT2D eigenvalue weighted by Crippen LogP contribution is -2.13. The van der Waals surface area contributed by atoms with Crippen LogP contribution >= 0.6 is 38.9 Å². The summed E-state index contributed by atoms with van der Waals surface area (Å²) in [5, 5.41) is 6.72. The van der Waals surface area contributed by atoms with Crippen LogP contribution in [0.2, 0.25) is 5.02 Å². The molecule has 0 aliphatic heterocycles. The Morgan fingerprint density at radius 2 is 2.28 bits per heavy atom. The van der Waals surface area contributed by atoms with E-state index in [0.29, 0.717) is 21.4 Å². The number of carbonyl (C=O) groups excluding carboxylic acids is 1. The van der Waals surface area contributed by atoms with E-state index in [1.807, 2.05) is 0 Å². The largest absolute Gasteiger partial charge is 0.387 e. The second-order valence-electron chi connectivity index (χ2n) is 3.36. The number of halogens is 2. The minimum Gasteiger partial charge on any atom is -0.387 e. The Morgan fingerprint density at radius 3 is 2.89 bits per heavy atom. The van der Waals surface area contributed by atoms with Gasteiger partial charge >= 0.3 is 0 Å². The number of aromatic nitrogens is 1. The Balaban J connectivity index is 2.25. The molecular weight excluding hydrogens is 338 g/mol. The van der Waals surface area contributed by atoms with Gasteiger partial charge in [0.15, 0.2) is 5.13 Å². The summed E-state index contributed by atoms with van der Waals surface area (Å²) in [4.78, 5) is 16.1. The van der Waals surface area contributed by atoms with Crippen LogP contribution in [0.3, 0.4) is 0 Å². The highest BCUT2D eigenvalue weighted by atomic mass is 79.9. The normalized spacial score (nSPS) is 10.2. The summed E-state index contributed by atoms with van der Waals surface area (Å²) in [6.07, 6.45) is 1.64. The molecule has 0 fully saturated rings. The van der Waals surface area contributed by atoms with Crippen molar-refractivity contribution in [3.05, 3.63) is 38.8 Å². The van der Waals surface area contributed by atoms with Crippen LogP contribution in [0.1, 0.15) is 10.4 Å². The number of anilines is 2. The van der Waals surface area contributed by atoms with Gasteiger partial charge in [0.2, 0.25) is 0 Å². The zero-order valence-corrected chi connectivity index (χ0v) is 12.5. The molecule has 0 aliphatic carbocycles. The van der Waals surface area contributed by atoms with Crippen molar-refractivity contribution in [2.75, 3.05) is 17.7 Å². The van der Waals surface area contributed by atoms with Crippen LogP contribution in [-0.2, 0) is 0 Å². The molecule has 18 heavy (non-hydrogen) atoms. The summed E-state index contributed by atoms with van der Waals surface area (Å²) < 4.78 is 0.859. The molecule has 1 heterocycles. The van der Waals surface area contributed by atoms with E-state index < -0.39 is 0 Å². The zero-order chi connectivity index (χ0) is 13.1. The van der Waals surface area contributed by atoms with Crippen molar-refractivity contribution < 1.29 is 4.79 Å². The fraction of sp³-hybridized carbons (Fsp3) is 0.0909. The summed E-state index contributed by atoms with van der Waals surface area (Å²) in [7, 11) is 1.75. The van der Waals surface area contributed by atoms with Gasteiger partial charge in [-0.25, -0.2) is 4.98 Å². The lowest BCUT2D eigenvalue weighted by atomic mass is 10.1. The number of nitrogens with zero attached hydrogens (tertiary/aromatic N) is 1. The molecule has 0 radical (unpaired) electrons. The zero-order valence-electron chi connectivity index (χ0n) is 9.33. The maximum atomic E-state index is 12.1. The van der Waals surface area contributed by atoms with Gasteiger partial charge < -0.3 is 5.32 Å². The van der Waals surface area contributed by atoms with Gasteiger partial charge in [-0.2, -0.15) is 0 Å². The molecule has 2 rings (SSSR count). The second kappa shape index (κ2) is 5.69. The summed E-state index contributed by atoms with van der Waals surface area (Å²) in [5.74, 6) is -0.247. The highest BCUT2D eigenvalue weighted by Gasteiger charge is 2.13. The van der Waals surface area contributed by atoms with Gasteiger partial charge in [0.05, 0.1) is 15.5 Å². The van der Waals surface area contributed by atoms with Crippen LogP contribution in [-0.4, -0.2) is 17.9 Å². The Kier molecular flexibility index (Phi) is 4.21. The molecule has 0 aliphatic rings. The lowest BCUT2D eigenvalue weighted by Gasteiger charge is -2.08. The maximum absolute atomic E-state index is 12.1. The van der Waals surface area contributed by atoms with E-state index in [-0.39, 0.29) is 5.91 Å². The fourth-order valence-corrected chi connectivity index (χ4v) is 2.67. The molecule has 0 saturated heterocycles. The van der Waals surface area contributed by atoms with Crippen molar-refractivity contribution in [2.45, 2.75) is 0 Å². The Hall–Kier alpha value is -1.11. The fourth-order valence-electron chi connectivity index (χ4n) is 1.40. The Bertz CT molecular complexity index is 587. The molecule has 1 amide bonds. The summed E-state index contributed by atoms with van der Waals surface area (Å²) in [6.45, 7) is 0. The highest BCUT2D eigenvalue weighted by Crippen LogP contribution is 2.25. The second-order valence-corrected chi connectivity index (χ2v) is 6.21. The topological polar surface area (TPSA) is 54.0 Å². The number of amides is 1. The molecule has 1 aromatic carbocycles. The number of nitrogens with one attached hydrogen (secondary N) is 2. The molecule has 0 atom stereocenters. The first kappa shape index (κ1) is 13.3. The number of rotatable bonds is 3. The number of carbonyl (C=O) groups is 1. The van der Waals surface area contributed by atoms with Gasteiger partial charge in [0, 0.05) is 17.8 Å². The third-order valence-corrected chi connectivity index (χ3v) is 3.82. The first-order valence-electron chi connectivity index (χ1n) is 5.00. The van der Waals surface area contributed by atoms with Crippen molar-refractivity contribution >= 4 is 55.6 Å². The highest BCUT2D eigenvalue weighted by molar-refractivity contribution is 9.11. The van der Waals surface area contributed by atoms with Gasteiger partial charge in [-0.15, -0.1) is 0 Å². The average Bonchev–Trinajstić information content (AvgIpc) is 2.74. The molecule has 2 N–H and O–H groups in total. The molecule has 0 bridgehead atoms. The molecule has 0 saturated carbocycles. The predicted octanol–water partition coefficient (Wildman–Crippen LogP) is 3.85. The van der Waals surface area contributed by atoms with Gasteiger partial charge in [-0.1, -0.05) is 22.9 Å². The van der Waals surface area contributed by atoms with Crippen molar-refractivity contribution in [1.29, 1.82) is 0 Å². The Labute approximate surface area is 122 Å². The molecule has 4 nitrogen and oxygen atoms in total. The third-order valence-electron chi connectivity index (χ3n) is 2.19. The number of hydrogen-bond acceptors (Lipinski definition) is 4. The van der Waals surface area contributed by atoms with E-state index in [1.165, 1.54) is 11.3 Å². The monoisotopic (exact) mass is 345 g/mol. The van der Waals surface area contributed by atoms with Crippen LogP contribution < -0.4 is 10.6 Å².